The van der Waals surface area contributed by atoms with Crippen LogP contribution in [-0.2, 0) is 5.54 Å². The number of rotatable bonds is 2. The third-order valence-electron chi connectivity index (χ3n) is 1.85. The number of alkyl halides is 2. The monoisotopic (exact) mass is 240 g/mol. The zero-order valence-electron chi connectivity index (χ0n) is 7.27. The largest absolute Gasteiger partial charge is 0.317 e. The molecule has 0 bridgehead atoms. The van der Waals surface area contributed by atoms with Gasteiger partial charge in [0, 0.05) is 5.56 Å². The lowest BCUT2D eigenvalue weighted by Gasteiger charge is -2.24. The normalized spacial score (nSPS) is 15.6. The molecule has 0 aliphatic heterocycles. The number of nitrogens with two attached hydrogens (primary N) is 1. The summed E-state index contributed by atoms with van der Waals surface area (Å²) < 4.78 is 25.1. The Balaban J connectivity index is 3.19. The molecule has 0 saturated heterocycles. The first-order chi connectivity index (χ1) is 6.35. The van der Waals surface area contributed by atoms with Crippen LogP contribution in [0.5, 0.6) is 0 Å². The van der Waals surface area contributed by atoms with Crippen LogP contribution in [0, 0.1) is 0 Å². The Bertz CT molecular complexity index is 342. The standard InChI is InChI=1S/C8H8Cl2F2N2/c1-8(13,7(11)12)4-2-3-5(9)14-6(4)10/h2-3,7H,13H2,1H3. The summed E-state index contributed by atoms with van der Waals surface area (Å²) in [7, 11) is 0. The second-order valence-corrected chi connectivity index (χ2v) is 3.80. The number of pyridine rings is 1. The molecule has 1 heterocycles. The second-order valence-electron chi connectivity index (χ2n) is 3.06. The van der Waals surface area contributed by atoms with Crippen LogP contribution in [0.3, 0.4) is 0 Å². The quantitative estimate of drug-likeness (QED) is 0.808. The predicted molar refractivity (Wildman–Crippen MR) is 51.8 cm³/mol. The van der Waals surface area contributed by atoms with Crippen molar-refractivity contribution in [3.63, 3.8) is 0 Å². The topological polar surface area (TPSA) is 38.9 Å². The maximum absolute atomic E-state index is 12.5. The summed E-state index contributed by atoms with van der Waals surface area (Å²) in [6.45, 7) is 1.19. The van der Waals surface area contributed by atoms with Crippen molar-refractivity contribution in [3.8, 4) is 0 Å². The molecule has 0 aromatic carbocycles. The van der Waals surface area contributed by atoms with E-state index in [9.17, 15) is 8.78 Å². The van der Waals surface area contributed by atoms with Gasteiger partial charge in [-0.2, -0.15) is 0 Å². The lowest BCUT2D eigenvalue weighted by molar-refractivity contribution is 0.0624. The van der Waals surface area contributed by atoms with Crippen molar-refractivity contribution in [2.75, 3.05) is 0 Å². The fourth-order valence-electron chi connectivity index (χ4n) is 0.931. The molecule has 1 rings (SSSR count). The number of hydrogen-bond donors (Lipinski definition) is 1. The third-order valence-corrected chi connectivity index (χ3v) is 2.35. The maximum atomic E-state index is 12.5. The first-order valence-electron chi connectivity index (χ1n) is 3.75. The summed E-state index contributed by atoms with van der Waals surface area (Å²) in [6, 6.07) is 2.72. The Morgan fingerprint density at radius 3 is 2.43 bits per heavy atom. The molecule has 0 aliphatic carbocycles. The van der Waals surface area contributed by atoms with Gasteiger partial charge < -0.3 is 5.73 Å². The minimum absolute atomic E-state index is 0.0820. The van der Waals surface area contributed by atoms with Crippen LogP contribution < -0.4 is 5.73 Å². The summed E-state index contributed by atoms with van der Waals surface area (Å²) >= 11 is 11.2. The molecule has 0 radical (unpaired) electrons. The van der Waals surface area contributed by atoms with E-state index in [4.69, 9.17) is 28.9 Å². The van der Waals surface area contributed by atoms with E-state index in [1.165, 1.54) is 19.1 Å². The Kier molecular flexibility index (Phi) is 3.29. The predicted octanol–water partition coefficient (Wildman–Crippen LogP) is 2.83. The molecule has 1 unspecified atom stereocenters. The Labute approximate surface area is 90.0 Å². The number of halogens is 4. The van der Waals surface area contributed by atoms with Gasteiger partial charge in [-0.3, -0.25) is 0 Å². The van der Waals surface area contributed by atoms with E-state index in [2.05, 4.69) is 4.98 Å². The highest BCUT2D eigenvalue weighted by Crippen LogP contribution is 2.30. The van der Waals surface area contributed by atoms with Gasteiger partial charge in [0.2, 0.25) is 0 Å². The molecule has 14 heavy (non-hydrogen) atoms. The van der Waals surface area contributed by atoms with E-state index in [0.29, 0.717) is 0 Å². The molecule has 78 valence electrons. The molecule has 0 amide bonds. The Hall–Kier alpha value is -0.450. The SMILES string of the molecule is CC(N)(c1ccc(Cl)nc1Cl)C(F)F. The van der Waals surface area contributed by atoms with E-state index in [0.717, 1.165) is 0 Å². The Morgan fingerprint density at radius 1 is 1.43 bits per heavy atom. The van der Waals surface area contributed by atoms with Gasteiger partial charge in [-0.25, -0.2) is 13.8 Å². The molecular formula is C8H8Cl2F2N2. The molecule has 0 fully saturated rings. The summed E-state index contributed by atoms with van der Waals surface area (Å²) in [6.07, 6.45) is -2.72. The lowest BCUT2D eigenvalue weighted by atomic mass is 9.95. The molecule has 1 aromatic heterocycles. The number of aromatic nitrogens is 1. The fraction of sp³-hybridized carbons (Fsp3) is 0.375. The van der Waals surface area contributed by atoms with E-state index >= 15 is 0 Å². The fourth-order valence-corrected chi connectivity index (χ4v) is 1.48. The van der Waals surface area contributed by atoms with Crippen molar-refractivity contribution >= 4 is 23.2 Å². The van der Waals surface area contributed by atoms with Crippen LogP contribution in [-0.4, -0.2) is 11.4 Å². The van der Waals surface area contributed by atoms with Crippen molar-refractivity contribution in [1.82, 2.24) is 4.98 Å². The number of nitrogens with zero attached hydrogens (tertiary/aromatic N) is 1. The van der Waals surface area contributed by atoms with Crippen LogP contribution in [0.2, 0.25) is 10.3 Å². The van der Waals surface area contributed by atoms with Gasteiger partial charge >= 0.3 is 0 Å². The molecule has 1 aromatic rings. The average Bonchev–Trinajstić information content (AvgIpc) is 2.02. The molecule has 2 N–H and O–H groups in total. The van der Waals surface area contributed by atoms with Crippen molar-refractivity contribution in [3.05, 3.63) is 28.0 Å². The van der Waals surface area contributed by atoms with Gasteiger partial charge in [-0.05, 0) is 13.0 Å². The van der Waals surface area contributed by atoms with Crippen LogP contribution in [0.15, 0.2) is 12.1 Å². The van der Waals surface area contributed by atoms with E-state index in [-0.39, 0.29) is 15.9 Å². The Morgan fingerprint density at radius 2 is 2.00 bits per heavy atom. The van der Waals surface area contributed by atoms with E-state index in [1.54, 1.807) is 0 Å². The summed E-state index contributed by atoms with van der Waals surface area (Å²) in [4.78, 5) is 3.64. The highest BCUT2D eigenvalue weighted by Gasteiger charge is 2.34. The summed E-state index contributed by atoms with van der Waals surface area (Å²) in [5.74, 6) is 0. The molecule has 1 atom stereocenters. The maximum Gasteiger partial charge on any atom is 0.260 e. The van der Waals surface area contributed by atoms with Gasteiger partial charge in [-0.1, -0.05) is 29.3 Å². The van der Waals surface area contributed by atoms with Crippen LogP contribution in [0.1, 0.15) is 12.5 Å². The highest BCUT2D eigenvalue weighted by atomic mass is 35.5. The van der Waals surface area contributed by atoms with Gasteiger partial charge in [0.1, 0.15) is 15.8 Å². The van der Waals surface area contributed by atoms with Gasteiger partial charge in [0.25, 0.3) is 6.43 Å². The smallest absolute Gasteiger partial charge is 0.260 e. The molecule has 2 nitrogen and oxygen atoms in total. The van der Waals surface area contributed by atoms with Crippen molar-refractivity contribution < 1.29 is 8.78 Å². The first-order valence-corrected chi connectivity index (χ1v) is 4.51. The van der Waals surface area contributed by atoms with Crippen molar-refractivity contribution in [1.29, 1.82) is 0 Å². The van der Waals surface area contributed by atoms with Crippen LogP contribution in [0.4, 0.5) is 8.78 Å². The summed E-state index contributed by atoms with van der Waals surface area (Å²) in [5, 5.41) is 0.0478. The second kappa shape index (κ2) is 3.96. The third kappa shape index (κ3) is 2.13. The van der Waals surface area contributed by atoms with E-state index in [1.807, 2.05) is 0 Å². The van der Waals surface area contributed by atoms with Crippen LogP contribution >= 0.6 is 23.2 Å². The van der Waals surface area contributed by atoms with Gasteiger partial charge in [0.05, 0.1) is 0 Å². The molecular weight excluding hydrogens is 233 g/mol. The molecule has 0 aliphatic rings. The van der Waals surface area contributed by atoms with Gasteiger partial charge in [0.15, 0.2) is 0 Å². The lowest BCUT2D eigenvalue weighted by Crippen LogP contribution is -2.41. The number of hydrogen-bond acceptors (Lipinski definition) is 2. The summed E-state index contributed by atoms with van der Waals surface area (Å²) in [5.41, 5.74) is 3.69. The first kappa shape index (κ1) is 11.6. The minimum atomic E-state index is -2.72. The van der Waals surface area contributed by atoms with Crippen molar-refractivity contribution in [2.24, 2.45) is 5.73 Å². The zero-order chi connectivity index (χ0) is 10.9. The van der Waals surface area contributed by atoms with Crippen LogP contribution in [0.25, 0.3) is 0 Å². The van der Waals surface area contributed by atoms with Crippen molar-refractivity contribution in [2.45, 2.75) is 18.9 Å². The molecule has 0 saturated carbocycles. The van der Waals surface area contributed by atoms with Gasteiger partial charge in [-0.15, -0.1) is 0 Å². The molecule has 0 spiro atoms. The highest BCUT2D eigenvalue weighted by molar-refractivity contribution is 6.32. The average molecular weight is 241 g/mol. The zero-order valence-corrected chi connectivity index (χ0v) is 8.78. The molecule has 6 heteroatoms. The minimum Gasteiger partial charge on any atom is -0.317 e. The van der Waals surface area contributed by atoms with E-state index < -0.39 is 12.0 Å².